The average molecular weight is 232 g/mol. The lowest BCUT2D eigenvalue weighted by molar-refractivity contribution is -0.385. The largest absolute Gasteiger partial charge is 0.317 e. The molecule has 0 amide bonds. The van der Waals surface area contributed by atoms with Gasteiger partial charge in [-0.2, -0.15) is 5.26 Å². The summed E-state index contributed by atoms with van der Waals surface area (Å²) in [6.45, 7) is 1.83. The van der Waals surface area contributed by atoms with Crippen LogP contribution in [0.3, 0.4) is 0 Å². The molecule has 0 bridgehead atoms. The molecule has 1 aromatic heterocycles. The van der Waals surface area contributed by atoms with Gasteiger partial charge < -0.3 is 5.32 Å². The summed E-state index contributed by atoms with van der Waals surface area (Å²) < 4.78 is 0. The van der Waals surface area contributed by atoms with E-state index in [2.05, 4.69) is 10.3 Å². The van der Waals surface area contributed by atoms with Crippen LogP contribution in [0, 0.1) is 21.4 Å². The first kappa shape index (κ1) is 11.5. The smallest absolute Gasteiger partial charge is 0.305 e. The van der Waals surface area contributed by atoms with Gasteiger partial charge in [0.2, 0.25) is 5.69 Å². The maximum Gasteiger partial charge on any atom is 0.305 e. The molecule has 88 valence electrons. The Morgan fingerprint density at radius 2 is 2.24 bits per heavy atom. The first-order valence-electron chi connectivity index (χ1n) is 5.47. The molecule has 0 radical (unpaired) electrons. The van der Waals surface area contributed by atoms with Gasteiger partial charge in [0, 0.05) is 12.3 Å². The third kappa shape index (κ3) is 2.40. The normalized spacial score (nSPS) is 16.4. The van der Waals surface area contributed by atoms with Gasteiger partial charge in [-0.25, -0.2) is 4.98 Å². The van der Waals surface area contributed by atoms with Crippen molar-refractivity contribution in [3.05, 3.63) is 33.6 Å². The summed E-state index contributed by atoms with van der Waals surface area (Å²) in [7, 11) is 0. The maximum absolute atomic E-state index is 10.8. The highest BCUT2D eigenvalue weighted by atomic mass is 16.6. The predicted molar refractivity (Wildman–Crippen MR) is 60.5 cm³/mol. The van der Waals surface area contributed by atoms with E-state index in [1.165, 1.54) is 6.07 Å². The van der Waals surface area contributed by atoms with E-state index in [0.29, 0.717) is 5.92 Å². The fourth-order valence-corrected chi connectivity index (χ4v) is 2.07. The minimum atomic E-state index is -0.546. The Kier molecular flexibility index (Phi) is 3.30. The van der Waals surface area contributed by atoms with Crippen molar-refractivity contribution in [2.24, 2.45) is 0 Å². The van der Waals surface area contributed by atoms with E-state index in [0.717, 1.165) is 31.5 Å². The van der Waals surface area contributed by atoms with E-state index in [9.17, 15) is 10.1 Å². The van der Waals surface area contributed by atoms with Crippen molar-refractivity contribution >= 4 is 5.69 Å². The molecule has 6 heteroatoms. The molecular formula is C11H12N4O2. The summed E-state index contributed by atoms with van der Waals surface area (Å²) in [5, 5.41) is 22.8. The summed E-state index contributed by atoms with van der Waals surface area (Å²) in [5.74, 6) is 0.301. The second-order valence-corrected chi connectivity index (χ2v) is 4.03. The summed E-state index contributed by atoms with van der Waals surface area (Å²) in [6.07, 6.45) is 3.48. The Morgan fingerprint density at radius 1 is 1.53 bits per heavy atom. The van der Waals surface area contributed by atoms with Gasteiger partial charge in [0.25, 0.3) is 0 Å². The van der Waals surface area contributed by atoms with Crippen molar-refractivity contribution in [2.45, 2.75) is 18.8 Å². The first-order chi connectivity index (χ1) is 8.22. The Hall–Kier alpha value is -2.00. The molecule has 1 fully saturated rings. The van der Waals surface area contributed by atoms with E-state index < -0.39 is 4.92 Å². The summed E-state index contributed by atoms with van der Waals surface area (Å²) in [5.41, 5.74) is 0.549. The van der Waals surface area contributed by atoms with Gasteiger partial charge in [0.1, 0.15) is 6.07 Å². The number of nitrogens with one attached hydrogen (secondary N) is 1. The molecule has 1 aliphatic rings. The maximum atomic E-state index is 10.8. The number of nitro groups is 1. The molecular weight excluding hydrogens is 220 g/mol. The van der Waals surface area contributed by atoms with Crippen molar-refractivity contribution in [3.63, 3.8) is 0 Å². The van der Waals surface area contributed by atoms with E-state index in [4.69, 9.17) is 5.26 Å². The summed E-state index contributed by atoms with van der Waals surface area (Å²) in [4.78, 5) is 14.1. The Bertz CT molecular complexity index is 475. The molecule has 17 heavy (non-hydrogen) atoms. The fourth-order valence-electron chi connectivity index (χ4n) is 2.07. The number of nitriles is 1. The monoisotopic (exact) mass is 232 g/mol. The standard InChI is InChI=1S/C11H12N4O2/c12-6-10-11(15(16)17)5-9(7-14-10)8-1-3-13-4-2-8/h5,7-8,13H,1-4H2. The number of nitrogens with zero attached hydrogens (tertiary/aromatic N) is 3. The number of hydrogen-bond acceptors (Lipinski definition) is 5. The number of piperidine rings is 1. The predicted octanol–water partition coefficient (Wildman–Crippen LogP) is 1.33. The van der Waals surface area contributed by atoms with Gasteiger partial charge in [-0.15, -0.1) is 0 Å². The zero-order chi connectivity index (χ0) is 12.3. The molecule has 2 rings (SSSR count). The minimum Gasteiger partial charge on any atom is -0.317 e. The minimum absolute atomic E-state index is 0.118. The molecule has 1 aliphatic heterocycles. The van der Waals surface area contributed by atoms with Crippen LogP contribution in [-0.4, -0.2) is 23.0 Å². The van der Waals surface area contributed by atoms with E-state index in [1.54, 1.807) is 12.3 Å². The van der Waals surface area contributed by atoms with E-state index >= 15 is 0 Å². The third-order valence-corrected chi connectivity index (χ3v) is 3.00. The first-order valence-corrected chi connectivity index (χ1v) is 5.47. The fraction of sp³-hybridized carbons (Fsp3) is 0.455. The molecule has 0 saturated carbocycles. The molecule has 1 N–H and O–H groups in total. The van der Waals surface area contributed by atoms with Crippen LogP contribution in [0.25, 0.3) is 0 Å². The van der Waals surface area contributed by atoms with Crippen molar-refractivity contribution in [1.82, 2.24) is 10.3 Å². The average Bonchev–Trinajstić information content (AvgIpc) is 2.39. The summed E-state index contributed by atoms with van der Waals surface area (Å²) in [6, 6.07) is 3.23. The molecule has 1 saturated heterocycles. The van der Waals surface area contributed by atoms with Crippen LogP contribution in [0.15, 0.2) is 12.3 Å². The number of rotatable bonds is 2. The van der Waals surface area contributed by atoms with Gasteiger partial charge in [0.15, 0.2) is 0 Å². The molecule has 0 spiro atoms. The van der Waals surface area contributed by atoms with E-state index in [-0.39, 0.29) is 11.4 Å². The second kappa shape index (κ2) is 4.89. The summed E-state index contributed by atoms with van der Waals surface area (Å²) >= 11 is 0. The molecule has 0 atom stereocenters. The lowest BCUT2D eigenvalue weighted by Gasteiger charge is -2.22. The van der Waals surface area contributed by atoms with Crippen molar-refractivity contribution < 1.29 is 4.92 Å². The van der Waals surface area contributed by atoms with Crippen molar-refractivity contribution in [3.8, 4) is 6.07 Å². The highest BCUT2D eigenvalue weighted by molar-refractivity contribution is 5.45. The lowest BCUT2D eigenvalue weighted by atomic mass is 9.91. The van der Waals surface area contributed by atoms with Gasteiger partial charge in [0.05, 0.1) is 4.92 Å². The zero-order valence-electron chi connectivity index (χ0n) is 9.22. The number of aromatic nitrogens is 1. The quantitative estimate of drug-likeness (QED) is 0.613. The Labute approximate surface area is 98.4 Å². The van der Waals surface area contributed by atoms with Crippen LogP contribution < -0.4 is 5.32 Å². The number of hydrogen-bond donors (Lipinski definition) is 1. The molecule has 0 unspecified atom stereocenters. The topological polar surface area (TPSA) is 91.8 Å². The second-order valence-electron chi connectivity index (χ2n) is 4.03. The van der Waals surface area contributed by atoms with Crippen LogP contribution in [-0.2, 0) is 0 Å². The van der Waals surface area contributed by atoms with Crippen LogP contribution in [0.1, 0.15) is 30.0 Å². The van der Waals surface area contributed by atoms with Crippen LogP contribution in [0.2, 0.25) is 0 Å². The van der Waals surface area contributed by atoms with Crippen LogP contribution in [0.5, 0.6) is 0 Å². The molecule has 0 aliphatic carbocycles. The van der Waals surface area contributed by atoms with Gasteiger partial charge in [-0.1, -0.05) is 0 Å². The van der Waals surface area contributed by atoms with Crippen LogP contribution >= 0.6 is 0 Å². The van der Waals surface area contributed by atoms with Crippen LogP contribution in [0.4, 0.5) is 5.69 Å². The molecule has 1 aromatic rings. The van der Waals surface area contributed by atoms with Gasteiger partial charge >= 0.3 is 5.69 Å². The van der Waals surface area contributed by atoms with Gasteiger partial charge in [-0.3, -0.25) is 10.1 Å². The van der Waals surface area contributed by atoms with E-state index in [1.807, 2.05) is 0 Å². The SMILES string of the molecule is N#Cc1ncc(C2CCNCC2)cc1[N+](=O)[O-]. The third-order valence-electron chi connectivity index (χ3n) is 3.00. The van der Waals surface area contributed by atoms with Crippen molar-refractivity contribution in [1.29, 1.82) is 5.26 Å². The lowest BCUT2D eigenvalue weighted by Crippen LogP contribution is -2.26. The molecule has 0 aromatic carbocycles. The molecule has 6 nitrogen and oxygen atoms in total. The highest BCUT2D eigenvalue weighted by Gasteiger charge is 2.21. The Morgan fingerprint density at radius 3 is 2.82 bits per heavy atom. The zero-order valence-corrected chi connectivity index (χ0v) is 9.22. The van der Waals surface area contributed by atoms with Crippen molar-refractivity contribution in [2.75, 3.05) is 13.1 Å². The highest BCUT2D eigenvalue weighted by Crippen LogP contribution is 2.28. The Balaban J connectivity index is 2.33. The molecule has 2 heterocycles. The number of pyridine rings is 1. The van der Waals surface area contributed by atoms with Gasteiger partial charge in [-0.05, 0) is 37.4 Å².